The van der Waals surface area contributed by atoms with Gasteiger partial charge in [-0.1, -0.05) is 6.08 Å². The van der Waals surface area contributed by atoms with E-state index in [2.05, 4.69) is 20.8 Å². The van der Waals surface area contributed by atoms with Crippen LogP contribution in [0.4, 0.5) is 0 Å². The van der Waals surface area contributed by atoms with Gasteiger partial charge in [0.15, 0.2) is 5.82 Å². The maximum absolute atomic E-state index is 13.4. The lowest BCUT2D eigenvalue weighted by atomic mass is 9.52. The highest BCUT2D eigenvalue weighted by Crippen LogP contribution is 2.55. The molecule has 4 saturated carbocycles. The molecule has 0 saturated heterocycles. The van der Waals surface area contributed by atoms with E-state index in [-0.39, 0.29) is 17.9 Å². The third-order valence-electron chi connectivity index (χ3n) is 7.72. The number of carbonyl (C=O) groups excluding carboxylic acids is 2. The number of amides is 2. The molecule has 2 aromatic rings. The summed E-state index contributed by atoms with van der Waals surface area (Å²) in [5.74, 6) is 1.44. The Kier molecular flexibility index (Phi) is 5.19. The highest BCUT2D eigenvalue weighted by atomic mass is 16.3. The molecule has 2 aromatic heterocycles. The van der Waals surface area contributed by atoms with E-state index in [1.54, 1.807) is 53.3 Å². The van der Waals surface area contributed by atoms with Gasteiger partial charge in [-0.3, -0.25) is 9.59 Å². The molecule has 33 heavy (non-hydrogen) atoms. The van der Waals surface area contributed by atoms with E-state index in [4.69, 9.17) is 0 Å². The van der Waals surface area contributed by atoms with Crippen molar-refractivity contribution in [2.24, 2.45) is 23.2 Å². The highest BCUT2D eigenvalue weighted by molar-refractivity contribution is 5.97. The quantitative estimate of drug-likeness (QED) is 0.620. The smallest absolute Gasteiger partial charge is 0.257 e. The summed E-state index contributed by atoms with van der Waals surface area (Å²) in [5.41, 5.74) is -0.857. The Morgan fingerprint density at radius 2 is 1.94 bits per heavy atom. The van der Waals surface area contributed by atoms with Crippen LogP contribution in [-0.2, 0) is 4.79 Å². The SMILES string of the molecule is CNC(=O)C(C)(C)/C=C/n1ncc(C(=O)NC2C3CC4CC2CC(O)(C4)C3)c1-n1cccn1. The molecule has 4 aliphatic rings. The standard InChI is InChI=1S/C24H32N6O3/c1-23(2,22(32)25-3)5-8-30-21(29-7-4-6-26-29)18(14-27-30)20(31)28-19-16-9-15-10-17(19)13-24(33,11-15)12-16/h4-8,14-17,19,33H,9-13H2,1-3H3,(H,25,32)(H,28,31)/b8-5+. The number of hydrogen-bond acceptors (Lipinski definition) is 5. The highest BCUT2D eigenvalue weighted by Gasteiger charge is 2.55. The summed E-state index contributed by atoms with van der Waals surface area (Å²) in [6.07, 6.45) is 13.0. The van der Waals surface area contributed by atoms with E-state index in [1.165, 1.54) is 0 Å². The first-order valence-electron chi connectivity index (χ1n) is 11.7. The van der Waals surface area contributed by atoms with Gasteiger partial charge in [-0.25, -0.2) is 9.36 Å². The number of aromatic nitrogens is 4. The topological polar surface area (TPSA) is 114 Å². The van der Waals surface area contributed by atoms with Crippen LogP contribution in [0.3, 0.4) is 0 Å². The molecule has 9 nitrogen and oxygen atoms in total. The van der Waals surface area contributed by atoms with Crippen LogP contribution in [0.1, 0.15) is 56.3 Å². The molecule has 4 aliphatic carbocycles. The minimum Gasteiger partial charge on any atom is -0.390 e. The van der Waals surface area contributed by atoms with Gasteiger partial charge in [0.2, 0.25) is 5.91 Å². The second kappa shape index (κ2) is 7.83. The summed E-state index contributed by atoms with van der Waals surface area (Å²) in [7, 11) is 1.60. The summed E-state index contributed by atoms with van der Waals surface area (Å²) in [6.45, 7) is 3.63. The van der Waals surface area contributed by atoms with E-state index in [0.717, 1.165) is 32.1 Å². The molecule has 0 radical (unpaired) electrons. The van der Waals surface area contributed by atoms with Crippen LogP contribution < -0.4 is 10.6 Å². The first kappa shape index (κ1) is 21.9. The molecule has 2 atom stereocenters. The lowest BCUT2D eigenvalue weighted by Crippen LogP contribution is -2.61. The predicted molar refractivity (Wildman–Crippen MR) is 122 cm³/mol. The monoisotopic (exact) mass is 452 g/mol. The first-order valence-corrected chi connectivity index (χ1v) is 11.7. The lowest BCUT2D eigenvalue weighted by Gasteiger charge is -2.58. The van der Waals surface area contributed by atoms with Crippen LogP contribution in [0.2, 0.25) is 0 Å². The van der Waals surface area contributed by atoms with Crippen molar-refractivity contribution in [3.63, 3.8) is 0 Å². The molecule has 2 heterocycles. The van der Waals surface area contributed by atoms with Crippen LogP contribution >= 0.6 is 0 Å². The summed E-state index contributed by atoms with van der Waals surface area (Å²) in [5, 5.41) is 25.5. The fourth-order valence-electron chi connectivity index (χ4n) is 6.35. The van der Waals surface area contributed by atoms with Crippen LogP contribution in [0.15, 0.2) is 30.7 Å². The Bertz CT molecular complexity index is 1070. The third kappa shape index (κ3) is 3.88. The Labute approximate surface area is 193 Å². The number of nitrogens with zero attached hydrogens (tertiary/aromatic N) is 4. The van der Waals surface area contributed by atoms with Crippen molar-refractivity contribution in [3.05, 3.63) is 36.3 Å². The van der Waals surface area contributed by atoms with Crippen LogP contribution in [0, 0.1) is 23.2 Å². The minimum atomic E-state index is -0.745. The fourth-order valence-corrected chi connectivity index (χ4v) is 6.35. The zero-order valence-electron chi connectivity index (χ0n) is 19.4. The number of hydrogen-bond donors (Lipinski definition) is 3. The van der Waals surface area contributed by atoms with Crippen molar-refractivity contribution < 1.29 is 14.7 Å². The van der Waals surface area contributed by atoms with Gasteiger partial charge in [0.25, 0.3) is 5.91 Å². The molecular formula is C24H32N6O3. The third-order valence-corrected chi connectivity index (χ3v) is 7.72. The summed E-state index contributed by atoms with van der Waals surface area (Å²) < 4.78 is 3.19. The second-order valence-corrected chi connectivity index (χ2v) is 10.6. The number of nitrogens with one attached hydrogen (secondary N) is 2. The minimum absolute atomic E-state index is 0.0749. The molecule has 176 valence electrons. The molecule has 2 amide bonds. The molecule has 9 heteroatoms. The lowest BCUT2D eigenvalue weighted by molar-refractivity contribution is -0.136. The van der Waals surface area contributed by atoms with Gasteiger partial charge >= 0.3 is 0 Å². The Morgan fingerprint density at radius 1 is 1.21 bits per heavy atom. The normalized spacial score (nSPS) is 30.7. The molecule has 6 rings (SSSR count). The molecule has 0 aliphatic heterocycles. The van der Waals surface area contributed by atoms with E-state index < -0.39 is 11.0 Å². The molecule has 0 aromatic carbocycles. The van der Waals surface area contributed by atoms with E-state index in [0.29, 0.717) is 29.1 Å². The van der Waals surface area contributed by atoms with Crippen molar-refractivity contribution in [2.45, 2.75) is 57.6 Å². The van der Waals surface area contributed by atoms with Crippen LogP contribution in [0.5, 0.6) is 0 Å². The molecular weight excluding hydrogens is 420 g/mol. The van der Waals surface area contributed by atoms with Gasteiger partial charge in [0, 0.05) is 31.7 Å². The Balaban J connectivity index is 1.42. The zero-order chi connectivity index (χ0) is 23.4. The van der Waals surface area contributed by atoms with Crippen LogP contribution in [0.25, 0.3) is 12.0 Å². The van der Waals surface area contributed by atoms with Gasteiger partial charge in [-0.15, -0.1) is 0 Å². The van der Waals surface area contributed by atoms with E-state index >= 15 is 0 Å². The zero-order valence-corrected chi connectivity index (χ0v) is 19.4. The first-order chi connectivity index (χ1) is 15.7. The van der Waals surface area contributed by atoms with Gasteiger partial charge in [0.1, 0.15) is 5.56 Å². The van der Waals surface area contributed by atoms with E-state index in [1.807, 2.05) is 13.8 Å². The van der Waals surface area contributed by atoms with Gasteiger partial charge < -0.3 is 15.7 Å². The van der Waals surface area contributed by atoms with Crippen molar-refractivity contribution in [3.8, 4) is 5.82 Å². The number of aliphatic hydroxyl groups is 1. The number of carbonyl (C=O) groups is 2. The summed E-state index contributed by atoms with van der Waals surface area (Å²) in [4.78, 5) is 25.6. The maximum Gasteiger partial charge on any atom is 0.257 e. The Morgan fingerprint density at radius 3 is 2.55 bits per heavy atom. The molecule has 2 unspecified atom stereocenters. The number of rotatable bonds is 6. The van der Waals surface area contributed by atoms with Gasteiger partial charge in [-0.05, 0) is 69.8 Å². The average Bonchev–Trinajstić information content (AvgIpc) is 3.42. The maximum atomic E-state index is 13.4. The molecule has 0 spiro atoms. The van der Waals surface area contributed by atoms with Crippen LogP contribution in [-0.4, -0.2) is 55.2 Å². The summed E-state index contributed by atoms with van der Waals surface area (Å²) >= 11 is 0. The molecule has 4 fully saturated rings. The Hall–Kier alpha value is -2.94. The molecule has 4 bridgehead atoms. The largest absolute Gasteiger partial charge is 0.390 e. The van der Waals surface area contributed by atoms with Gasteiger partial charge in [-0.2, -0.15) is 10.2 Å². The van der Waals surface area contributed by atoms with Crippen molar-refractivity contribution in [2.75, 3.05) is 7.05 Å². The fraction of sp³-hybridized carbons (Fsp3) is 0.583. The predicted octanol–water partition coefficient (Wildman–Crippen LogP) is 1.98. The van der Waals surface area contributed by atoms with E-state index in [9.17, 15) is 14.7 Å². The van der Waals surface area contributed by atoms with Crippen molar-refractivity contribution in [1.82, 2.24) is 30.2 Å². The average molecular weight is 453 g/mol. The van der Waals surface area contributed by atoms with Crippen molar-refractivity contribution >= 4 is 18.0 Å². The summed E-state index contributed by atoms with van der Waals surface area (Å²) in [6, 6.07) is 1.86. The van der Waals surface area contributed by atoms with Gasteiger partial charge in [0.05, 0.1) is 17.2 Å². The molecule has 3 N–H and O–H groups in total. The van der Waals surface area contributed by atoms with Crippen molar-refractivity contribution in [1.29, 1.82) is 0 Å². The second-order valence-electron chi connectivity index (χ2n) is 10.6.